The Kier molecular flexibility index (Phi) is 3.17. The number of carbonyl (C=O) groups excluding carboxylic acids is 1. The second-order valence-electron chi connectivity index (χ2n) is 4.02. The molecule has 0 spiro atoms. The van der Waals surface area contributed by atoms with Gasteiger partial charge in [0, 0.05) is 5.54 Å². The van der Waals surface area contributed by atoms with Crippen LogP contribution in [-0.4, -0.2) is 21.0 Å². The summed E-state index contributed by atoms with van der Waals surface area (Å²) >= 11 is 1.10. The number of amides is 1. The average molecular weight is 214 g/mol. The lowest BCUT2D eigenvalue weighted by molar-refractivity contribution is 0.0918. The SMILES string of the molecule is Cc1nnsc1C(=O)NNC(C)(C)C. The van der Waals surface area contributed by atoms with E-state index in [4.69, 9.17) is 0 Å². The minimum atomic E-state index is -0.188. The molecule has 5 nitrogen and oxygen atoms in total. The van der Waals surface area contributed by atoms with Gasteiger partial charge in [0.15, 0.2) is 0 Å². The molecule has 1 aromatic rings. The van der Waals surface area contributed by atoms with Crippen LogP contribution in [0.5, 0.6) is 0 Å². The summed E-state index contributed by atoms with van der Waals surface area (Å²) in [7, 11) is 0. The van der Waals surface area contributed by atoms with E-state index in [0.29, 0.717) is 10.6 Å². The highest BCUT2D eigenvalue weighted by atomic mass is 32.1. The number of hydrogen-bond donors (Lipinski definition) is 2. The van der Waals surface area contributed by atoms with E-state index in [2.05, 4.69) is 20.4 Å². The van der Waals surface area contributed by atoms with Gasteiger partial charge in [-0.3, -0.25) is 10.2 Å². The predicted molar refractivity (Wildman–Crippen MR) is 55.0 cm³/mol. The maximum Gasteiger partial charge on any atom is 0.279 e. The number of aromatic nitrogens is 2. The Balaban J connectivity index is 2.56. The molecule has 0 aliphatic heterocycles. The summed E-state index contributed by atoms with van der Waals surface area (Å²) in [6.45, 7) is 7.65. The molecular formula is C8H14N4OS. The quantitative estimate of drug-likeness (QED) is 0.717. The van der Waals surface area contributed by atoms with E-state index in [1.165, 1.54) is 0 Å². The Labute approximate surface area is 87.0 Å². The summed E-state index contributed by atoms with van der Waals surface area (Å²) in [5, 5.41) is 3.76. The van der Waals surface area contributed by atoms with Crippen molar-refractivity contribution in [2.75, 3.05) is 0 Å². The van der Waals surface area contributed by atoms with Gasteiger partial charge >= 0.3 is 0 Å². The molecule has 0 aliphatic carbocycles. The number of hydrazine groups is 1. The molecule has 1 rings (SSSR count). The summed E-state index contributed by atoms with van der Waals surface area (Å²) < 4.78 is 3.69. The number of nitrogens with one attached hydrogen (secondary N) is 2. The van der Waals surface area contributed by atoms with E-state index >= 15 is 0 Å². The van der Waals surface area contributed by atoms with E-state index in [0.717, 1.165) is 11.5 Å². The fourth-order valence-electron chi connectivity index (χ4n) is 0.741. The van der Waals surface area contributed by atoms with Gasteiger partial charge in [-0.15, -0.1) is 5.10 Å². The topological polar surface area (TPSA) is 66.9 Å². The highest BCUT2D eigenvalue weighted by Gasteiger charge is 2.15. The van der Waals surface area contributed by atoms with Gasteiger partial charge in [0.2, 0.25) is 0 Å². The molecule has 6 heteroatoms. The van der Waals surface area contributed by atoms with Crippen LogP contribution in [0, 0.1) is 6.92 Å². The third-order valence-corrected chi connectivity index (χ3v) is 2.24. The van der Waals surface area contributed by atoms with E-state index in [9.17, 15) is 4.79 Å². The molecule has 0 saturated heterocycles. The van der Waals surface area contributed by atoms with Crippen LogP contribution in [0.4, 0.5) is 0 Å². The van der Waals surface area contributed by atoms with Crippen molar-refractivity contribution in [2.45, 2.75) is 33.2 Å². The zero-order valence-corrected chi connectivity index (χ0v) is 9.53. The van der Waals surface area contributed by atoms with E-state index in [1.54, 1.807) is 6.92 Å². The first-order chi connectivity index (χ1) is 6.40. The van der Waals surface area contributed by atoms with Gasteiger partial charge in [-0.25, -0.2) is 5.43 Å². The fraction of sp³-hybridized carbons (Fsp3) is 0.625. The van der Waals surface area contributed by atoms with Crippen molar-refractivity contribution in [3.63, 3.8) is 0 Å². The summed E-state index contributed by atoms with van der Waals surface area (Å²) in [5.74, 6) is -0.188. The van der Waals surface area contributed by atoms with Crippen LogP contribution in [0.25, 0.3) is 0 Å². The van der Waals surface area contributed by atoms with Crippen molar-refractivity contribution in [1.82, 2.24) is 20.4 Å². The lowest BCUT2D eigenvalue weighted by Crippen LogP contribution is -2.48. The first kappa shape index (κ1) is 11.1. The molecule has 0 saturated carbocycles. The van der Waals surface area contributed by atoms with Gasteiger partial charge in [-0.2, -0.15) is 0 Å². The Morgan fingerprint density at radius 2 is 2.07 bits per heavy atom. The van der Waals surface area contributed by atoms with Gasteiger partial charge in [0.1, 0.15) is 4.88 Å². The third kappa shape index (κ3) is 3.04. The minimum Gasteiger partial charge on any atom is -0.286 e. The molecule has 78 valence electrons. The summed E-state index contributed by atoms with van der Waals surface area (Å²) in [5.41, 5.74) is 6.00. The molecular weight excluding hydrogens is 200 g/mol. The Hall–Kier alpha value is -1.01. The molecule has 0 aliphatic rings. The molecule has 0 fully saturated rings. The van der Waals surface area contributed by atoms with Crippen molar-refractivity contribution in [1.29, 1.82) is 0 Å². The summed E-state index contributed by atoms with van der Waals surface area (Å²) in [6.07, 6.45) is 0. The Morgan fingerprint density at radius 3 is 2.50 bits per heavy atom. The smallest absolute Gasteiger partial charge is 0.279 e. The standard InChI is InChI=1S/C8H14N4OS/c1-5-6(14-12-9-5)7(13)10-11-8(2,3)4/h11H,1-4H3,(H,10,13). The van der Waals surface area contributed by atoms with Crippen molar-refractivity contribution in [3.05, 3.63) is 10.6 Å². The second-order valence-corrected chi connectivity index (χ2v) is 4.77. The fourth-order valence-corrected chi connectivity index (χ4v) is 1.29. The van der Waals surface area contributed by atoms with Gasteiger partial charge in [0.25, 0.3) is 5.91 Å². The third-order valence-electron chi connectivity index (χ3n) is 1.41. The molecule has 1 amide bonds. The number of hydrogen-bond acceptors (Lipinski definition) is 5. The lowest BCUT2D eigenvalue weighted by Gasteiger charge is -2.20. The number of carbonyl (C=O) groups is 1. The molecule has 0 bridgehead atoms. The predicted octanol–water partition coefficient (Wildman–Crippen LogP) is 0.879. The number of aryl methyl sites for hydroxylation is 1. The van der Waals surface area contributed by atoms with Crippen molar-refractivity contribution < 1.29 is 4.79 Å². The number of nitrogens with zero attached hydrogens (tertiary/aromatic N) is 2. The van der Waals surface area contributed by atoms with Crippen LogP contribution in [-0.2, 0) is 0 Å². The van der Waals surface area contributed by atoms with Crippen LogP contribution in [0.1, 0.15) is 36.1 Å². The minimum absolute atomic E-state index is 0.151. The van der Waals surface area contributed by atoms with Crippen molar-refractivity contribution >= 4 is 17.4 Å². The van der Waals surface area contributed by atoms with Crippen LogP contribution in [0.2, 0.25) is 0 Å². The molecule has 0 unspecified atom stereocenters. The van der Waals surface area contributed by atoms with Crippen molar-refractivity contribution in [3.8, 4) is 0 Å². The highest BCUT2D eigenvalue weighted by Crippen LogP contribution is 2.08. The maximum atomic E-state index is 11.5. The molecule has 0 atom stereocenters. The molecule has 2 N–H and O–H groups in total. The van der Waals surface area contributed by atoms with Crippen LogP contribution in [0.15, 0.2) is 0 Å². The Bertz CT molecular complexity index is 328. The lowest BCUT2D eigenvalue weighted by atomic mass is 10.1. The molecule has 1 aromatic heterocycles. The molecule has 14 heavy (non-hydrogen) atoms. The van der Waals surface area contributed by atoms with Gasteiger partial charge < -0.3 is 0 Å². The normalized spacial score (nSPS) is 11.4. The highest BCUT2D eigenvalue weighted by molar-refractivity contribution is 7.07. The number of rotatable bonds is 2. The van der Waals surface area contributed by atoms with Crippen LogP contribution in [0.3, 0.4) is 0 Å². The first-order valence-corrected chi connectivity index (χ1v) is 5.04. The summed E-state index contributed by atoms with van der Waals surface area (Å²) in [4.78, 5) is 12.1. The van der Waals surface area contributed by atoms with Gasteiger partial charge in [-0.05, 0) is 39.2 Å². The van der Waals surface area contributed by atoms with Crippen LogP contribution >= 0.6 is 11.5 Å². The zero-order chi connectivity index (χ0) is 10.8. The van der Waals surface area contributed by atoms with E-state index < -0.39 is 0 Å². The first-order valence-electron chi connectivity index (χ1n) is 4.26. The molecule has 1 heterocycles. The molecule has 0 aromatic carbocycles. The molecule has 0 radical (unpaired) electrons. The van der Waals surface area contributed by atoms with E-state index in [1.807, 2.05) is 20.8 Å². The van der Waals surface area contributed by atoms with Gasteiger partial charge in [0.05, 0.1) is 5.69 Å². The second kappa shape index (κ2) is 4.02. The van der Waals surface area contributed by atoms with Gasteiger partial charge in [-0.1, -0.05) is 4.49 Å². The largest absolute Gasteiger partial charge is 0.286 e. The average Bonchev–Trinajstić information content (AvgIpc) is 2.46. The maximum absolute atomic E-state index is 11.5. The van der Waals surface area contributed by atoms with E-state index in [-0.39, 0.29) is 11.4 Å². The van der Waals surface area contributed by atoms with Crippen molar-refractivity contribution in [2.24, 2.45) is 0 Å². The monoisotopic (exact) mass is 214 g/mol. The summed E-state index contributed by atoms with van der Waals surface area (Å²) in [6, 6.07) is 0. The Morgan fingerprint density at radius 1 is 1.43 bits per heavy atom. The zero-order valence-electron chi connectivity index (χ0n) is 8.71. The van der Waals surface area contributed by atoms with Crippen LogP contribution < -0.4 is 10.9 Å².